The number of amides is 2. The van der Waals surface area contributed by atoms with Crippen LogP contribution >= 0.6 is 0 Å². The summed E-state index contributed by atoms with van der Waals surface area (Å²) in [6.45, 7) is -0.447. The SMILES string of the molecule is O=C(/C=C/c1cn([C@@H]2O[C@H](CO)[C@@H](O)[C@H]2O)c(=O)[nH]c1=O)NCCCCCCNC(=O)C(F)(F)F. The molecule has 1 aliphatic rings. The normalized spacial score (nSPS) is 22.5. The van der Waals surface area contributed by atoms with Crippen LogP contribution in [0.2, 0.25) is 0 Å². The van der Waals surface area contributed by atoms with Gasteiger partial charge in [0.1, 0.15) is 18.3 Å². The number of aliphatic hydroxyl groups excluding tert-OH is 3. The van der Waals surface area contributed by atoms with E-state index < -0.39 is 60.4 Å². The minimum atomic E-state index is -4.91. The first-order valence-electron chi connectivity index (χ1n) is 10.7. The topological polar surface area (TPSA) is 183 Å². The van der Waals surface area contributed by atoms with Crippen LogP contribution in [0.15, 0.2) is 21.9 Å². The van der Waals surface area contributed by atoms with E-state index >= 15 is 0 Å². The van der Waals surface area contributed by atoms with E-state index in [4.69, 9.17) is 4.74 Å². The third-order valence-corrected chi connectivity index (χ3v) is 5.15. The molecule has 4 atom stereocenters. The van der Waals surface area contributed by atoms with Gasteiger partial charge in [-0.2, -0.15) is 13.2 Å². The van der Waals surface area contributed by atoms with Crippen LogP contribution in [0.4, 0.5) is 13.2 Å². The molecule has 2 heterocycles. The lowest BCUT2D eigenvalue weighted by Crippen LogP contribution is -2.38. The molecule has 0 saturated carbocycles. The summed E-state index contributed by atoms with van der Waals surface area (Å²) < 4.78 is 42.2. The minimum absolute atomic E-state index is 0.104. The molecule has 35 heavy (non-hydrogen) atoms. The van der Waals surface area contributed by atoms with Gasteiger partial charge in [0, 0.05) is 25.4 Å². The number of carbonyl (C=O) groups is 2. The van der Waals surface area contributed by atoms with Gasteiger partial charge in [-0.05, 0) is 18.9 Å². The fourth-order valence-electron chi connectivity index (χ4n) is 3.26. The highest BCUT2D eigenvalue weighted by atomic mass is 19.4. The first-order valence-corrected chi connectivity index (χ1v) is 10.7. The number of aromatic amines is 1. The zero-order valence-electron chi connectivity index (χ0n) is 18.5. The van der Waals surface area contributed by atoms with Crippen LogP contribution < -0.4 is 21.9 Å². The predicted octanol–water partition coefficient (Wildman–Crippen LogP) is -1.48. The molecule has 1 aromatic rings. The van der Waals surface area contributed by atoms with Gasteiger partial charge in [0.05, 0.1) is 12.2 Å². The molecule has 2 rings (SSSR count). The molecule has 12 nitrogen and oxygen atoms in total. The Kier molecular flexibility index (Phi) is 10.2. The average molecular weight is 508 g/mol. The zero-order valence-corrected chi connectivity index (χ0v) is 18.5. The third kappa shape index (κ3) is 8.02. The summed E-state index contributed by atoms with van der Waals surface area (Å²) in [6.07, 6.45) is -5.15. The Labute approximate surface area is 196 Å². The standard InChI is InChI=1S/C20H27F3N4O8/c21-20(22,23)18(33)25-8-4-2-1-3-7-24-13(29)6-5-11-9-27(19(34)26-16(11)32)17-15(31)14(30)12(10-28)35-17/h5-6,9,12,14-15,17,28,30-31H,1-4,7-8,10H2,(H,24,29)(H,25,33)(H,26,32,34)/b6-5+/t12-,14-,15-,17-/m1/s1. The molecule has 0 unspecified atom stereocenters. The Morgan fingerprint density at radius 2 is 1.71 bits per heavy atom. The highest BCUT2D eigenvalue weighted by Crippen LogP contribution is 2.28. The lowest BCUT2D eigenvalue weighted by atomic mass is 10.1. The number of alkyl halides is 3. The zero-order chi connectivity index (χ0) is 26.2. The predicted molar refractivity (Wildman–Crippen MR) is 114 cm³/mol. The van der Waals surface area contributed by atoms with E-state index in [1.54, 1.807) is 5.32 Å². The van der Waals surface area contributed by atoms with Crippen LogP contribution in [0.3, 0.4) is 0 Å². The van der Waals surface area contributed by atoms with Crippen LogP contribution in [0.1, 0.15) is 37.5 Å². The van der Waals surface area contributed by atoms with Crippen molar-refractivity contribution in [3.05, 3.63) is 38.7 Å². The van der Waals surface area contributed by atoms with Crippen molar-refractivity contribution in [2.45, 2.75) is 56.4 Å². The maximum Gasteiger partial charge on any atom is 0.471 e. The largest absolute Gasteiger partial charge is 0.471 e. The van der Waals surface area contributed by atoms with Gasteiger partial charge in [-0.15, -0.1) is 0 Å². The van der Waals surface area contributed by atoms with Crippen molar-refractivity contribution in [1.82, 2.24) is 20.2 Å². The fraction of sp³-hybridized carbons (Fsp3) is 0.600. The number of ether oxygens (including phenoxy) is 1. The quantitative estimate of drug-likeness (QED) is 0.154. The molecule has 0 radical (unpaired) electrons. The maximum absolute atomic E-state index is 12.1. The fourth-order valence-corrected chi connectivity index (χ4v) is 3.26. The van der Waals surface area contributed by atoms with Crippen LogP contribution in [-0.2, 0) is 14.3 Å². The van der Waals surface area contributed by atoms with Crippen molar-refractivity contribution in [2.75, 3.05) is 19.7 Å². The highest BCUT2D eigenvalue weighted by Gasteiger charge is 2.43. The molecular formula is C20H27F3N4O8. The second kappa shape index (κ2) is 12.6. The van der Waals surface area contributed by atoms with Gasteiger partial charge in [0.15, 0.2) is 6.23 Å². The molecule has 0 aromatic carbocycles. The first-order chi connectivity index (χ1) is 16.5. The van der Waals surface area contributed by atoms with E-state index in [0.717, 1.165) is 22.9 Å². The molecule has 196 valence electrons. The number of aliphatic hydroxyl groups is 3. The Balaban J connectivity index is 1.80. The minimum Gasteiger partial charge on any atom is -0.394 e. The lowest BCUT2D eigenvalue weighted by molar-refractivity contribution is -0.173. The molecular weight excluding hydrogens is 481 g/mol. The molecule has 0 bridgehead atoms. The Morgan fingerprint density at radius 1 is 1.09 bits per heavy atom. The van der Waals surface area contributed by atoms with Crippen molar-refractivity contribution >= 4 is 17.9 Å². The van der Waals surface area contributed by atoms with Gasteiger partial charge < -0.3 is 30.7 Å². The summed E-state index contributed by atoms with van der Waals surface area (Å²) in [5.41, 5.74) is -1.84. The van der Waals surface area contributed by atoms with E-state index in [1.807, 2.05) is 4.98 Å². The number of aromatic nitrogens is 2. The number of H-pyrrole nitrogens is 1. The molecule has 1 aliphatic heterocycles. The highest BCUT2D eigenvalue weighted by molar-refractivity contribution is 5.91. The number of nitrogens with zero attached hydrogens (tertiary/aromatic N) is 1. The summed E-state index contributed by atoms with van der Waals surface area (Å²) in [5.74, 6) is -2.53. The molecule has 1 fully saturated rings. The van der Waals surface area contributed by atoms with Gasteiger partial charge >= 0.3 is 17.8 Å². The number of nitrogens with one attached hydrogen (secondary N) is 3. The number of hydrogen-bond acceptors (Lipinski definition) is 8. The maximum atomic E-state index is 12.1. The Morgan fingerprint density at radius 3 is 2.29 bits per heavy atom. The number of hydrogen-bond donors (Lipinski definition) is 6. The summed E-state index contributed by atoms with van der Waals surface area (Å²) in [7, 11) is 0. The van der Waals surface area contributed by atoms with Crippen LogP contribution in [0.25, 0.3) is 6.08 Å². The van der Waals surface area contributed by atoms with Gasteiger partial charge in [-0.3, -0.25) is 23.9 Å². The lowest BCUT2D eigenvalue weighted by Gasteiger charge is -2.17. The van der Waals surface area contributed by atoms with Crippen molar-refractivity contribution in [3.8, 4) is 0 Å². The van der Waals surface area contributed by atoms with Gasteiger partial charge in [0.25, 0.3) is 5.56 Å². The number of unbranched alkanes of at least 4 members (excludes halogenated alkanes) is 3. The van der Waals surface area contributed by atoms with Crippen LogP contribution in [-0.4, -0.2) is 80.9 Å². The van der Waals surface area contributed by atoms with Gasteiger partial charge in [-0.1, -0.05) is 12.8 Å². The van der Waals surface area contributed by atoms with Crippen LogP contribution in [0, 0.1) is 0 Å². The molecule has 0 spiro atoms. The molecule has 15 heteroatoms. The van der Waals surface area contributed by atoms with Gasteiger partial charge in [-0.25, -0.2) is 4.79 Å². The van der Waals surface area contributed by atoms with E-state index in [-0.39, 0.29) is 18.7 Å². The molecule has 2 amide bonds. The second-order valence-electron chi connectivity index (χ2n) is 7.77. The average Bonchev–Trinajstić information content (AvgIpc) is 3.07. The number of rotatable bonds is 11. The van der Waals surface area contributed by atoms with Crippen LogP contribution in [0.5, 0.6) is 0 Å². The molecule has 0 aliphatic carbocycles. The van der Waals surface area contributed by atoms with E-state index in [2.05, 4.69) is 5.32 Å². The second-order valence-corrected chi connectivity index (χ2v) is 7.77. The number of carbonyl (C=O) groups excluding carboxylic acids is 2. The molecule has 6 N–H and O–H groups in total. The van der Waals surface area contributed by atoms with Gasteiger partial charge in [0.2, 0.25) is 5.91 Å². The van der Waals surface area contributed by atoms with E-state index in [9.17, 15) is 47.7 Å². The smallest absolute Gasteiger partial charge is 0.394 e. The number of halogens is 3. The summed E-state index contributed by atoms with van der Waals surface area (Å²) in [5, 5.41) is 33.4. The van der Waals surface area contributed by atoms with E-state index in [1.165, 1.54) is 0 Å². The van der Waals surface area contributed by atoms with Crippen molar-refractivity contribution in [3.63, 3.8) is 0 Å². The Hall–Kier alpha value is -3.01. The van der Waals surface area contributed by atoms with Crippen molar-refractivity contribution < 1.29 is 42.8 Å². The monoisotopic (exact) mass is 508 g/mol. The molecule has 1 saturated heterocycles. The first kappa shape index (κ1) is 28.2. The third-order valence-electron chi connectivity index (χ3n) is 5.15. The summed E-state index contributed by atoms with van der Waals surface area (Å²) >= 11 is 0. The summed E-state index contributed by atoms with van der Waals surface area (Å²) in [4.78, 5) is 48.8. The van der Waals surface area contributed by atoms with Crippen molar-refractivity contribution in [1.29, 1.82) is 0 Å². The molecule has 1 aromatic heterocycles. The van der Waals surface area contributed by atoms with Crippen molar-refractivity contribution in [2.24, 2.45) is 0 Å². The summed E-state index contributed by atoms with van der Waals surface area (Å²) in [6, 6.07) is 0. The van der Waals surface area contributed by atoms with E-state index in [0.29, 0.717) is 25.7 Å². The Bertz CT molecular complexity index is 1020.